The molecule has 1 aromatic carbocycles. The first-order chi connectivity index (χ1) is 8.10. The van der Waals surface area contributed by atoms with Crippen molar-refractivity contribution in [3.05, 3.63) is 34.9 Å². The third-order valence-electron chi connectivity index (χ3n) is 2.73. The van der Waals surface area contributed by atoms with Gasteiger partial charge in [0.25, 0.3) is 0 Å². The van der Waals surface area contributed by atoms with Crippen LogP contribution in [0.1, 0.15) is 42.3 Å². The van der Waals surface area contributed by atoms with Gasteiger partial charge >= 0.3 is 0 Å². The zero-order valence-electron chi connectivity index (χ0n) is 10.6. The Hall–Kier alpha value is -1.64. The van der Waals surface area contributed by atoms with Crippen molar-refractivity contribution < 1.29 is 9.59 Å². The number of carbonyl (C=O) groups is 2. The van der Waals surface area contributed by atoms with Gasteiger partial charge in [-0.05, 0) is 17.5 Å². The first-order valence-electron chi connectivity index (χ1n) is 5.93. The lowest BCUT2D eigenvalue weighted by Crippen LogP contribution is -2.13. The van der Waals surface area contributed by atoms with Gasteiger partial charge in [-0.25, -0.2) is 0 Å². The van der Waals surface area contributed by atoms with Gasteiger partial charge in [-0.2, -0.15) is 0 Å². The van der Waals surface area contributed by atoms with Gasteiger partial charge in [0.15, 0.2) is 5.78 Å². The summed E-state index contributed by atoms with van der Waals surface area (Å²) in [5.41, 5.74) is 2.88. The van der Waals surface area contributed by atoms with Gasteiger partial charge in [0, 0.05) is 18.0 Å². The van der Waals surface area contributed by atoms with E-state index >= 15 is 0 Å². The minimum Gasteiger partial charge on any atom is -0.355 e. The van der Waals surface area contributed by atoms with Crippen molar-refractivity contribution >= 4 is 12.2 Å². The largest absolute Gasteiger partial charge is 0.355 e. The molecular weight excluding hydrogens is 214 g/mol. The number of hydrogen-bond donors (Lipinski definition) is 1. The Morgan fingerprint density at radius 1 is 1.41 bits per heavy atom. The summed E-state index contributed by atoms with van der Waals surface area (Å²) >= 11 is 0. The molecule has 0 radical (unpaired) electrons. The molecule has 0 saturated carbocycles. The Bertz CT molecular complexity index is 411. The molecule has 0 heterocycles. The molecular formula is C14H19NO2. The summed E-state index contributed by atoms with van der Waals surface area (Å²) in [6.45, 7) is 6.35. The van der Waals surface area contributed by atoms with E-state index in [1.54, 1.807) is 0 Å². The molecule has 1 amide bonds. The predicted octanol–water partition coefficient (Wildman–Crippen LogP) is 2.33. The fourth-order valence-corrected chi connectivity index (χ4v) is 1.76. The topological polar surface area (TPSA) is 46.2 Å². The number of aryl methyl sites for hydroxylation is 1. The number of nitrogens with one attached hydrogen (secondary N) is 1. The molecule has 0 aliphatic heterocycles. The number of benzene rings is 1. The van der Waals surface area contributed by atoms with Crippen LogP contribution in [0.3, 0.4) is 0 Å². The van der Waals surface area contributed by atoms with Crippen molar-refractivity contribution in [2.24, 2.45) is 5.92 Å². The number of ketones is 1. The van der Waals surface area contributed by atoms with E-state index in [9.17, 15) is 9.59 Å². The van der Waals surface area contributed by atoms with Gasteiger partial charge in [-0.3, -0.25) is 9.59 Å². The minimum absolute atomic E-state index is 0.0132. The monoisotopic (exact) mass is 233 g/mol. The minimum atomic E-state index is 0.0132. The lowest BCUT2D eigenvalue weighted by atomic mass is 9.93. The van der Waals surface area contributed by atoms with Crippen molar-refractivity contribution in [1.29, 1.82) is 0 Å². The fourth-order valence-electron chi connectivity index (χ4n) is 1.76. The fraction of sp³-hybridized carbons (Fsp3) is 0.429. The Morgan fingerprint density at radius 2 is 2.12 bits per heavy atom. The third-order valence-corrected chi connectivity index (χ3v) is 2.73. The van der Waals surface area contributed by atoms with Crippen molar-refractivity contribution in [3.63, 3.8) is 0 Å². The molecule has 3 nitrogen and oxygen atoms in total. The molecule has 0 atom stereocenters. The molecule has 0 aromatic heterocycles. The van der Waals surface area contributed by atoms with Crippen LogP contribution in [-0.4, -0.2) is 12.2 Å². The highest BCUT2D eigenvalue weighted by Crippen LogP contribution is 2.17. The molecule has 92 valence electrons. The molecule has 0 aliphatic rings. The summed E-state index contributed by atoms with van der Waals surface area (Å²) in [6.07, 6.45) is 1.50. The van der Waals surface area contributed by atoms with Gasteiger partial charge in [-0.15, -0.1) is 0 Å². The average Bonchev–Trinajstić information content (AvgIpc) is 2.34. The van der Waals surface area contributed by atoms with E-state index < -0.39 is 0 Å². The van der Waals surface area contributed by atoms with Gasteiger partial charge in [0.05, 0.1) is 0 Å². The van der Waals surface area contributed by atoms with Crippen LogP contribution in [0.15, 0.2) is 18.2 Å². The van der Waals surface area contributed by atoms with Gasteiger partial charge in [-0.1, -0.05) is 39.0 Å². The van der Waals surface area contributed by atoms with Crippen molar-refractivity contribution in [1.82, 2.24) is 5.32 Å². The smallest absolute Gasteiger partial charge is 0.207 e. The molecule has 1 aromatic rings. The lowest BCUT2D eigenvalue weighted by Gasteiger charge is -2.11. The van der Waals surface area contributed by atoms with Crippen molar-refractivity contribution in [2.45, 2.75) is 33.7 Å². The van der Waals surface area contributed by atoms with Crippen molar-refractivity contribution in [3.8, 4) is 0 Å². The average molecular weight is 233 g/mol. The van der Waals surface area contributed by atoms with E-state index in [2.05, 4.69) is 5.32 Å². The van der Waals surface area contributed by atoms with E-state index in [4.69, 9.17) is 0 Å². The van der Waals surface area contributed by atoms with E-state index in [1.807, 2.05) is 39.0 Å². The van der Waals surface area contributed by atoms with E-state index in [0.717, 1.165) is 23.1 Å². The Balaban J connectivity index is 3.00. The summed E-state index contributed by atoms with van der Waals surface area (Å²) < 4.78 is 0. The van der Waals surface area contributed by atoms with Crippen LogP contribution < -0.4 is 5.32 Å². The molecule has 0 aliphatic carbocycles. The van der Waals surface area contributed by atoms with Crippen LogP contribution in [0.5, 0.6) is 0 Å². The number of hydrogen-bond acceptors (Lipinski definition) is 2. The molecule has 1 N–H and O–H groups in total. The maximum Gasteiger partial charge on any atom is 0.207 e. The zero-order chi connectivity index (χ0) is 12.8. The van der Waals surface area contributed by atoms with Crippen molar-refractivity contribution in [2.75, 3.05) is 0 Å². The molecule has 17 heavy (non-hydrogen) atoms. The summed E-state index contributed by atoms with van der Waals surface area (Å²) in [6, 6.07) is 5.75. The summed E-state index contributed by atoms with van der Waals surface area (Å²) in [5, 5.41) is 2.62. The number of rotatable bonds is 6. The van der Waals surface area contributed by atoms with Crippen LogP contribution in [0.2, 0.25) is 0 Å². The Morgan fingerprint density at radius 3 is 2.65 bits per heavy atom. The molecule has 0 unspecified atom stereocenters. The molecule has 0 bridgehead atoms. The van der Waals surface area contributed by atoms with Crippen LogP contribution in [-0.2, 0) is 17.8 Å². The second-order valence-corrected chi connectivity index (χ2v) is 4.36. The van der Waals surface area contributed by atoms with Gasteiger partial charge in [0.2, 0.25) is 6.41 Å². The third kappa shape index (κ3) is 3.41. The number of Topliss-reactive ketones (excluding diaryl/α,β-unsaturated/α-hetero) is 1. The number of carbonyl (C=O) groups excluding carboxylic acids is 2. The van der Waals surface area contributed by atoms with Crippen LogP contribution in [0, 0.1) is 5.92 Å². The maximum atomic E-state index is 12.0. The first kappa shape index (κ1) is 13.4. The van der Waals surface area contributed by atoms with Gasteiger partial charge in [0.1, 0.15) is 0 Å². The normalized spacial score (nSPS) is 10.4. The molecule has 3 heteroatoms. The van der Waals surface area contributed by atoms with Crippen LogP contribution in [0.4, 0.5) is 0 Å². The van der Waals surface area contributed by atoms with Gasteiger partial charge < -0.3 is 5.32 Å². The lowest BCUT2D eigenvalue weighted by molar-refractivity contribution is -0.109. The Kier molecular flexibility index (Phi) is 4.88. The molecule has 0 saturated heterocycles. The second kappa shape index (κ2) is 6.18. The van der Waals surface area contributed by atoms with Crippen LogP contribution in [0.25, 0.3) is 0 Å². The highest BCUT2D eigenvalue weighted by atomic mass is 16.1. The Labute approximate surface area is 102 Å². The van der Waals surface area contributed by atoms with Crippen LogP contribution >= 0.6 is 0 Å². The van der Waals surface area contributed by atoms with E-state index in [0.29, 0.717) is 13.0 Å². The molecule has 0 fully saturated rings. The SMILES string of the molecule is CCc1cc(CNC=O)ccc1C(=O)C(C)C. The highest BCUT2D eigenvalue weighted by Gasteiger charge is 2.14. The summed E-state index contributed by atoms with van der Waals surface area (Å²) in [7, 11) is 0. The standard InChI is InChI=1S/C14H19NO2/c1-4-12-7-11(8-15-9-16)5-6-13(12)14(17)10(2)3/h5-7,9-10H,4,8H2,1-3H3,(H,15,16). The quantitative estimate of drug-likeness (QED) is 0.605. The maximum absolute atomic E-state index is 12.0. The highest BCUT2D eigenvalue weighted by molar-refractivity contribution is 5.98. The molecule has 1 rings (SSSR count). The zero-order valence-corrected chi connectivity index (χ0v) is 10.6. The summed E-state index contributed by atoms with van der Waals surface area (Å²) in [5.74, 6) is 0.191. The first-order valence-corrected chi connectivity index (χ1v) is 5.93. The molecule has 0 spiro atoms. The second-order valence-electron chi connectivity index (χ2n) is 4.36. The van der Waals surface area contributed by atoms with E-state index in [1.165, 1.54) is 0 Å². The summed E-state index contributed by atoms with van der Waals surface area (Å²) in [4.78, 5) is 22.2. The number of amides is 1. The van der Waals surface area contributed by atoms with E-state index in [-0.39, 0.29) is 11.7 Å². The predicted molar refractivity (Wildman–Crippen MR) is 67.9 cm³/mol.